The van der Waals surface area contributed by atoms with Gasteiger partial charge in [0.15, 0.2) is 0 Å². The normalized spacial score (nSPS) is 23.8. The minimum atomic E-state index is -0.192. The number of hydrogen-bond donors (Lipinski definition) is 1. The number of rotatable bonds is 1. The van der Waals surface area contributed by atoms with Gasteiger partial charge in [0, 0.05) is 31.7 Å². The molecule has 1 saturated heterocycles. The van der Waals surface area contributed by atoms with Crippen molar-refractivity contribution in [1.82, 2.24) is 14.9 Å². The molecule has 1 aromatic rings. The lowest BCUT2D eigenvalue weighted by Crippen LogP contribution is -2.34. The van der Waals surface area contributed by atoms with E-state index in [1.165, 1.54) is 0 Å². The summed E-state index contributed by atoms with van der Waals surface area (Å²) in [5.41, 5.74) is 0.519. The zero-order chi connectivity index (χ0) is 11.8. The highest BCUT2D eigenvalue weighted by Crippen LogP contribution is 2.26. The van der Waals surface area contributed by atoms with Crippen LogP contribution in [0.5, 0.6) is 0 Å². The van der Waals surface area contributed by atoms with Crippen LogP contribution in [0, 0.1) is 0 Å². The maximum atomic E-state index is 11.8. The third-order valence-electron chi connectivity index (χ3n) is 3.14. The van der Waals surface area contributed by atoms with Gasteiger partial charge in [-0.25, -0.2) is 4.79 Å². The van der Waals surface area contributed by atoms with Gasteiger partial charge in [0.05, 0.1) is 16.8 Å². The van der Waals surface area contributed by atoms with Gasteiger partial charge in [0.25, 0.3) is 0 Å². The predicted octanol–water partition coefficient (Wildman–Crippen LogP) is 0.343. The lowest BCUT2D eigenvalue weighted by Gasteiger charge is -2.22. The van der Waals surface area contributed by atoms with E-state index in [2.05, 4.69) is 10.3 Å². The van der Waals surface area contributed by atoms with Crippen molar-refractivity contribution in [2.45, 2.75) is 30.5 Å². The highest BCUT2D eigenvalue weighted by molar-refractivity contribution is 7.99. The van der Waals surface area contributed by atoms with E-state index < -0.39 is 0 Å². The van der Waals surface area contributed by atoms with Gasteiger partial charge in [-0.05, 0) is 6.07 Å². The second-order valence-electron chi connectivity index (χ2n) is 4.30. The zero-order valence-corrected chi connectivity index (χ0v) is 10.1. The molecule has 2 aliphatic rings. The first-order valence-electron chi connectivity index (χ1n) is 5.74. The molecule has 6 heteroatoms. The number of carbonyl (C=O) groups excluding carboxylic acids is 1. The summed E-state index contributed by atoms with van der Waals surface area (Å²) < 4.78 is 1.69. The molecule has 0 radical (unpaired) electrons. The number of ketones is 1. The number of piperidine rings is 1. The van der Waals surface area contributed by atoms with Crippen LogP contribution in [0.15, 0.2) is 15.9 Å². The summed E-state index contributed by atoms with van der Waals surface area (Å²) in [4.78, 5) is 27.3. The molecule has 0 aliphatic carbocycles. The minimum Gasteiger partial charge on any atom is -0.308 e. The lowest BCUT2D eigenvalue weighted by atomic mass is 10.0. The summed E-state index contributed by atoms with van der Waals surface area (Å²) in [5, 5.41) is 4.22. The van der Waals surface area contributed by atoms with Crippen molar-refractivity contribution in [1.29, 1.82) is 0 Å². The van der Waals surface area contributed by atoms with Gasteiger partial charge in [-0.15, -0.1) is 11.8 Å². The van der Waals surface area contributed by atoms with Crippen LogP contribution in [0.2, 0.25) is 0 Å². The first-order valence-corrected chi connectivity index (χ1v) is 6.72. The number of fused-ring (bicyclic) bond motifs is 1. The van der Waals surface area contributed by atoms with Crippen LogP contribution in [-0.2, 0) is 11.3 Å². The molecule has 3 heterocycles. The van der Waals surface area contributed by atoms with Crippen LogP contribution in [0.3, 0.4) is 0 Å². The fourth-order valence-electron chi connectivity index (χ4n) is 2.24. The highest BCUT2D eigenvalue weighted by atomic mass is 32.2. The number of carbonyl (C=O) groups is 1. The first kappa shape index (κ1) is 11.0. The topological polar surface area (TPSA) is 64.0 Å². The van der Waals surface area contributed by atoms with E-state index in [1.807, 2.05) is 6.07 Å². The first-order chi connectivity index (χ1) is 8.24. The average molecular weight is 251 g/mol. The second kappa shape index (κ2) is 4.27. The molecule has 0 spiro atoms. The molecule has 0 saturated carbocycles. The van der Waals surface area contributed by atoms with Crippen molar-refractivity contribution in [3.8, 4) is 0 Å². The molecule has 1 fully saturated rings. The second-order valence-corrected chi connectivity index (χ2v) is 5.42. The Morgan fingerprint density at radius 3 is 3.18 bits per heavy atom. The monoisotopic (exact) mass is 251 g/mol. The maximum absolute atomic E-state index is 11.8. The van der Waals surface area contributed by atoms with Crippen molar-refractivity contribution in [2.24, 2.45) is 0 Å². The molecule has 2 aliphatic heterocycles. The van der Waals surface area contributed by atoms with Gasteiger partial charge in [0.1, 0.15) is 5.78 Å². The summed E-state index contributed by atoms with van der Waals surface area (Å²) in [6, 6.07) is 1.85. The number of nitrogens with one attached hydrogen (secondary N) is 1. The number of thioether (sulfide) groups is 1. The molecule has 1 atom stereocenters. The summed E-state index contributed by atoms with van der Waals surface area (Å²) in [5.74, 6) is 1.17. The third kappa shape index (κ3) is 2.02. The van der Waals surface area contributed by atoms with E-state index in [0.29, 0.717) is 25.1 Å². The number of Topliss-reactive ketones (excluding diaryl/α,β-unsaturated/α-hetero) is 1. The third-order valence-corrected chi connectivity index (χ3v) is 4.16. The Hall–Kier alpha value is -1.14. The smallest absolute Gasteiger partial charge is 0.308 e. The van der Waals surface area contributed by atoms with Crippen LogP contribution in [-0.4, -0.2) is 27.6 Å². The average Bonchev–Trinajstić information content (AvgIpc) is 2.77. The quantitative estimate of drug-likeness (QED) is 0.729. The van der Waals surface area contributed by atoms with Gasteiger partial charge in [-0.2, -0.15) is 4.98 Å². The SMILES string of the molecule is O=C1CCNC(c2cc3n(c(=O)n2)CCS3)C1. The van der Waals surface area contributed by atoms with Crippen LogP contribution >= 0.6 is 11.8 Å². The zero-order valence-electron chi connectivity index (χ0n) is 9.31. The van der Waals surface area contributed by atoms with Gasteiger partial charge >= 0.3 is 5.69 Å². The van der Waals surface area contributed by atoms with Gasteiger partial charge in [-0.3, -0.25) is 9.36 Å². The molecule has 0 amide bonds. The molecular formula is C11H13N3O2S. The summed E-state index contributed by atoms with van der Waals surface area (Å²) in [6.45, 7) is 1.42. The van der Waals surface area contributed by atoms with Crippen molar-refractivity contribution in [2.75, 3.05) is 12.3 Å². The molecule has 1 aromatic heterocycles. The van der Waals surface area contributed by atoms with E-state index in [0.717, 1.165) is 17.3 Å². The molecule has 90 valence electrons. The van der Waals surface area contributed by atoms with Gasteiger partial charge in [0.2, 0.25) is 0 Å². The van der Waals surface area contributed by atoms with E-state index in [9.17, 15) is 9.59 Å². The summed E-state index contributed by atoms with van der Waals surface area (Å²) in [6.07, 6.45) is 1.02. The number of aromatic nitrogens is 2. The van der Waals surface area contributed by atoms with Crippen molar-refractivity contribution < 1.29 is 4.79 Å². The van der Waals surface area contributed by atoms with Crippen LogP contribution in [0.1, 0.15) is 24.6 Å². The molecule has 0 aromatic carbocycles. The molecule has 17 heavy (non-hydrogen) atoms. The largest absolute Gasteiger partial charge is 0.348 e. The number of hydrogen-bond acceptors (Lipinski definition) is 5. The molecular weight excluding hydrogens is 238 g/mol. The Balaban J connectivity index is 1.96. The number of nitrogens with zero attached hydrogens (tertiary/aromatic N) is 2. The Morgan fingerprint density at radius 2 is 2.35 bits per heavy atom. The van der Waals surface area contributed by atoms with E-state index >= 15 is 0 Å². The van der Waals surface area contributed by atoms with E-state index in [-0.39, 0.29) is 17.5 Å². The summed E-state index contributed by atoms with van der Waals surface area (Å²) in [7, 11) is 0. The lowest BCUT2D eigenvalue weighted by molar-refractivity contribution is -0.120. The molecule has 1 unspecified atom stereocenters. The predicted molar refractivity (Wildman–Crippen MR) is 64.2 cm³/mol. The van der Waals surface area contributed by atoms with Crippen LogP contribution in [0.25, 0.3) is 0 Å². The van der Waals surface area contributed by atoms with Gasteiger partial charge < -0.3 is 5.32 Å². The molecule has 5 nitrogen and oxygen atoms in total. The molecule has 0 bridgehead atoms. The van der Waals surface area contributed by atoms with Crippen LogP contribution in [0.4, 0.5) is 0 Å². The fraction of sp³-hybridized carbons (Fsp3) is 0.545. The Labute approximate surface area is 103 Å². The van der Waals surface area contributed by atoms with E-state index in [4.69, 9.17) is 0 Å². The molecule has 1 N–H and O–H groups in total. The van der Waals surface area contributed by atoms with E-state index in [1.54, 1.807) is 16.3 Å². The fourth-order valence-corrected chi connectivity index (χ4v) is 3.26. The summed E-state index contributed by atoms with van der Waals surface area (Å²) >= 11 is 1.67. The minimum absolute atomic E-state index is 0.0870. The molecule has 3 rings (SSSR count). The maximum Gasteiger partial charge on any atom is 0.348 e. The van der Waals surface area contributed by atoms with Crippen LogP contribution < -0.4 is 11.0 Å². The van der Waals surface area contributed by atoms with Crippen molar-refractivity contribution >= 4 is 17.5 Å². The van der Waals surface area contributed by atoms with Crippen molar-refractivity contribution in [3.63, 3.8) is 0 Å². The Bertz CT molecular complexity index is 526. The van der Waals surface area contributed by atoms with Gasteiger partial charge in [-0.1, -0.05) is 0 Å². The standard InChI is InChI=1S/C11H13N3O2S/c15-7-1-2-12-8(5-7)9-6-10-14(3-4-17-10)11(16)13-9/h6,8,12H,1-5H2. The Morgan fingerprint density at radius 1 is 1.47 bits per heavy atom. The Kier molecular flexibility index (Phi) is 2.76. The van der Waals surface area contributed by atoms with Crippen molar-refractivity contribution in [3.05, 3.63) is 22.2 Å². The highest BCUT2D eigenvalue weighted by Gasteiger charge is 2.24.